The van der Waals surface area contributed by atoms with E-state index in [2.05, 4.69) is 11.4 Å². The number of fused-ring (bicyclic) bond motifs is 1. The molecule has 0 aliphatic carbocycles. The number of benzene rings is 1. The summed E-state index contributed by atoms with van der Waals surface area (Å²) in [6.07, 6.45) is 0.877. The molecule has 0 saturated carbocycles. The number of carbonyl (C=O) groups excluding carboxylic acids is 1. The van der Waals surface area contributed by atoms with Gasteiger partial charge in [0.15, 0.2) is 0 Å². The van der Waals surface area contributed by atoms with Crippen LogP contribution in [0.25, 0.3) is 0 Å². The highest BCUT2D eigenvalue weighted by Crippen LogP contribution is 2.34. The quantitative estimate of drug-likeness (QED) is 0.626. The topological polar surface area (TPSA) is 66.6 Å². The minimum absolute atomic E-state index is 0.0410. The first-order valence-electron chi connectivity index (χ1n) is 6.53. The SMILES string of the molecule is CC1c2ccsc2CCN1C(=O)c1cc(O)ccc1N. The van der Waals surface area contributed by atoms with Crippen LogP contribution in [-0.2, 0) is 6.42 Å². The number of rotatable bonds is 1. The fourth-order valence-corrected chi connectivity index (χ4v) is 3.63. The average Bonchev–Trinajstić information content (AvgIpc) is 2.90. The van der Waals surface area contributed by atoms with Gasteiger partial charge in [0.25, 0.3) is 5.91 Å². The Morgan fingerprint density at radius 3 is 3.05 bits per heavy atom. The predicted molar refractivity (Wildman–Crippen MR) is 80.0 cm³/mol. The average molecular weight is 288 g/mol. The van der Waals surface area contributed by atoms with Crippen LogP contribution in [0.1, 0.15) is 33.8 Å². The number of hydrogen-bond acceptors (Lipinski definition) is 4. The lowest BCUT2D eigenvalue weighted by Crippen LogP contribution is -2.38. The standard InChI is InChI=1S/C15H16N2O2S/c1-9-11-5-7-20-14(11)4-6-17(9)15(19)12-8-10(18)2-3-13(12)16/h2-3,5,7-9,18H,4,6,16H2,1H3. The zero-order valence-corrected chi connectivity index (χ0v) is 12.0. The van der Waals surface area contributed by atoms with E-state index in [-0.39, 0.29) is 17.7 Å². The van der Waals surface area contributed by atoms with Crippen LogP contribution >= 0.6 is 11.3 Å². The van der Waals surface area contributed by atoms with E-state index in [1.807, 2.05) is 11.8 Å². The number of nitrogen functional groups attached to an aromatic ring is 1. The molecule has 2 heterocycles. The number of amides is 1. The summed E-state index contributed by atoms with van der Waals surface area (Å²) in [7, 11) is 0. The molecule has 3 N–H and O–H groups in total. The van der Waals surface area contributed by atoms with Gasteiger partial charge in [0.05, 0.1) is 11.6 Å². The van der Waals surface area contributed by atoms with Crippen molar-refractivity contribution in [3.8, 4) is 5.75 Å². The molecule has 0 radical (unpaired) electrons. The van der Waals surface area contributed by atoms with E-state index in [9.17, 15) is 9.90 Å². The predicted octanol–water partition coefficient (Wildman–Crippen LogP) is 2.80. The number of hydrogen-bond donors (Lipinski definition) is 2. The molecular weight excluding hydrogens is 272 g/mol. The number of nitrogens with two attached hydrogens (primary N) is 1. The molecular formula is C15H16N2O2S. The molecule has 2 aromatic rings. The van der Waals surface area contributed by atoms with E-state index in [4.69, 9.17) is 5.73 Å². The fourth-order valence-electron chi connectivity index (χ4n) is 2.67. The first kappa shape index (κ1) is 13.0. The number of aromatic hydroxyl groups is 1. The highest BCUT2D eigenvalue weighted by Gasteiger charge is 2.29. The lowest BCUT2D eigenvalue weighted by Gasteiger charge is -2.34. The van der Waals surface area contributed by atoms with Crippen LogP contribution in [0.3, 0.4) is 0 Å². The van der Waals surface area contributed by atoms with Crippen molar-refractivity contribution in [2.75, 3.05) is 12.3 Å². The van der Waals surface area contributed by atoms with Gasteiger partial charge in [-0.15, -0.1) is 11.3 Å². The van der Waals surface area contributed by atoms with Crippen LogP contribution in [0, 0.1) is 0 Å². The summed E-state index contributed by atoms with van der Waals surface area (Å²) in [5.74, 6) is -0.0637. The van der Waals surface area contributed by atoms with Crippen molar-refractivity contribution in [2.45, 2.75) is 19.4 Å². The number of carbonyl (C=O) groups is 1. The largest absolute Gasteiger partial charge is 0.508 e. The first-order valence-corrected chi connectivity index (χ1v) is 7.41. The maximum absolute atomic E-state index is 12.7. The van der Waals surface area contributed by atoms with Gasteiger partial charge in [0, 0.05) is 17.1 Å². The number of phenolic OH excluding ortho intramolecular Hbond substituents is 1. The van der Waals surface area contributed by atoms with Gasteiger partial charge in [-0.05, 0) is 48.6 Å². The molecule has 4 nitrogen and oxygen atoms in total. The number of anilines is 1. The number of phenols is 1. The van der Waals surface area contributed by atoms with Gasteiger partial charge in [-0.25, -0.2) is 0 Å². The molecule has 5 heteroatoms. The van der Waals surface area contributed by atoms with E-state index in [1.165, 1.54) is 22.6 Å². The van der Waals surface area contributed by atoms with Crippen LogP contribution in [0.15, 0.2) is 29.6 Å². The molecule has 0 spiro atoms. The number of thiophene rings is 1. The van der Waals surface area contributed by atoms with Gasteiger partial charge in [0.2, 0.25) is 0 Å². The number of nitrogens with zero attached hydrogens (tertiary/aromatic N) is 1. The van der Waals surface area contributed by atoms with E-state index in [0.717, 1.165) is 6.42 Å². The van der Waals surface area contributed by atoms with Crippen LogP contribution in [0.5, 0.6) is 5.75 Å². The molecule has 0 saturated heterocycles. The molecule has 0 fully saturated rings. The Labute approximate surface area is 121 Å². The third kappa shape index (κ3) is 2.04. The maximum Gasteiger partial charge on any atom is 0.256 e. The Balaban J connectivity index is 1.94. The van der Waals surface area contributed by atoms with Crippen LogP contribution in [0.4, 0.5) is 5.69 Å². The summed E-state index contributed by atoms with van der Waals surface area (Å²) in [6, 6.07) is 6.61. The van der Waals surface area contributed by atoms with E-state index in [0.29, 0.717) is 17.8 Å². The van der Waals surface area contributed by atoms with E-state index >= 15 is 0 Å². The third-order valence-corrected chi connectivity index (χ3v) is 4.80. The zero-order chi connectivity index (χ0) is 14.3. The van der Waals surface area contributed by atoms with Crippen molar-refractivity contribution < 1.29 is 9.90 Å². The van der Waals surface area contributed by atoms with Gasteiger partial charge in [-0.3, -0.25) is 4.79 Å². The minimum atomic E-state index is -0.122. The van der Waals surface area contributed by atoms with Gasteiger partial charge < -0.3 is 15.7 Å². The molecule has 3 rings (SSSR count). The van der Waals surface area contributed by atoms with Gasteiger partial charge in [0.1, 0.15) is 5.75 Å². The lowest BCUT2D eigenvalue weighted by molar-refractivity contribution is 0.0680. The first-order chi connectivity index (χ1) is 9.58. The highest BCUT2D eigenvalue weighted by molar-refractivity contribution is 7.10. The monoisotopic (exact) mass is 288 g/mol. The Morgan fingerprint density at radius 2 is 2.25 bits per heavy atom. The normalized spacial score (nSPS) is 17.9. The van der Waals surface area contributed by atoms with Crippen LogP contribution < -0.4 is 5.73 Å². The Kier molecular flexibility index (Phi) is 3.14. The summed E-state index contributed by atoms with van der Waals surface area (Å²) >= 11 is 1.74. The molecule has 1 unspecified atom stereocenters. The maximum atomic E-state index is 12.7. The highest BCUT2D eigenvalue weighted by atomic mass is 32.1. The molecule has 20 heavy (non-hydrogen) atoms. The molecule has 1 atom stereocenters. The smallest absolute Gasteiger partial charge is 0.256 e. The molecule has 1 aromatic heterocycles. The van der Waals surface area contributed by atoms with Crippen molar-refractivity contribution in [1.29, 1.82) is 0 Å². The second-order valence-corrected chi connectivity index (χ2v) is 6.00. The van der Waals surface area contributed by atoms with Crippen molar-refractivity contribution in [3.05, 3.63) is 45.6 Å². The van der Waals surface area contributed by atoms with E-state index < -0.39 is 0 Å². The lowest BCUT2D eigenvalue weighted by atomic mass is 10.00. The molecule has 0 bridgehead atoms. The van der Waals surface area contributed by atoms with Crippen LogP contribution in [0.2, 0.25) is 0 Å². The summed E-state index contributed by atoms with van der Waals surface area (Å²) < 4.78 is 0. The Morgan fingerprint density at radius 1 is 1.45 bits per heavy atom. The second-order valence-electron chi connectivity index (χ2n) is 5.00. The van der Waals surface area contributed by atoms with Crippen molar-refractivity contribution >= 4 is 22.9 Å². The molecule has 1 aromatic carbocycles. The molecule has 1 amide bonds. The third-order valence-electron chi connectivity index (χ3n) is 3.81. The van der Waals surface area contributed by atoms with Crippen molar-refractivity contribution in [2.24, 2.45) is 0 Å². The van der Waals surface area contributed by atoms with Crippen molar-refractivity contribution in [3.63, 3.8) is 0 Å². The van der Waals surface area contributed by atoms with E-state index in [1.54, 1.807) is 17.4 Å². The Hall–Kier alpha value is -2.01. The molecule has 104 valence electrons. The summed E-state index contributed by atoms with van der Waals surface area (Å²) in [5, 5.41) is 11.6. The van der Waals surface area contributed by atoms with Gasteiger partial charge in [-0.2, -0.15) is 0 Å². The molecule has 1 aliphatic rings. The van der Waals surface area contributed by atoms with Gasteiger partial charge in [-0.1, -0.05) is 0 Å². The summed E-state index contributed by atoms with van der Waals surface area (Å²) in [5.41, 5.74) is 7.85. The summed E-state index contributed by atoms with van der Waals surface area (Å²) in [4.78, 5) is 15.8. The van der Waals surface area contributed by atoms with Crippen molar-refractivity contribution in [1.82, 2.24) is 4.90 Å². The minimum Gasteiger partial charge on any atom is -0.508 e. The fraction of sp³-hybridized carbons (Fsp3) is 0.267. The summed E-state index contributed by atoms with van der Waals surface area (Å²) in [6.45, 7) is 2.71. The second kappa shape index (κ2) is 4.83. The Bertz CT molecular complexity index is 666. The zero-order valence-electron chi connectivity index (χ0n) is 11.2. The van der Waals surface area contributed by atoms with Gasteiger partial charge >= 0.3 is 0 Å². The van der Waals surface area contributed by atoms with Crippen LogP contribution in [-0.4, -0.2) is 22.5 Å². The molecule has 1 aliphatic heterocycles.